The third-order valence-corrected chi connectivity index (χ3v) is 4.88. The summed E-state index contributed by atoms with van der Waals surface area (Å²) >= 11 is 2.39. The summed E-state index contributed by atoms with van der Waals surface area (Å²) in [4.78, 5) is 21.2. The van der Waals surface area contributed by atoms with Gasteiger partial charge in [0.1, 0.15) is 12.3 Å². The average Bonchev–Trinajstić information content (AvgIpc) is 3.21. The first-order valence-electron chi connectivity index (χ1n) is 7.73. The molecular formula is C17H16N4O4S2. The van der Waals surface area contributed by atoms with E-state index in [0.29, 0.717) is 33.5 Å². The molecule has 0 spiro atoms. The minimum atomic E-state index is -0.529. The summed E-state index contributed by atoms with van der Waals surface area (Å²) in [5.41, 5.74) is 1.69. The molecule has 0 unspecified atom stereocenters. The van der Waals surface area contributed by atoms with Crippen LogP contribution in [0.5, 0.6) is 11.5 Å². The van der Waals surface area contributed by atoms with Crippen molar-refractivity contribution in [3.8, 4) is 22.8 Å². The Bertz CT molecular complexity index is 931. The molecule has 0 radical (unpaired) electrons. The third kappa shape index (κ3) is 4.17. The van der Waals surface area contributed by atoms with Gasteiger partial charge in [0.15, 0.2) is 21.5 Å². The Balaban J connectivity index is 1.77. The van der Waals surface area contributed by atoms with Gasteiger partial charge in [-0.05, 0) is 23.9 Å². The standard InChI is InChI=1S/C17H16N4O4S2/c1-23-12-6-4-5-10(14(12)24-2)9-25-16(22)15-13(20-21-27-15)11-7-18-17(26-3)19-8-11/h4-8H,9H2,1-3H3. The summed E-state index contributed by atoms with van der Waals surface area (Å²) in [6.07, 6.45) is 5.10. The van der Waals surface area contributed by atoms with Gasteiger partial charge in [0, 0.05) is 23.5 Å². The van der Waals surface area contributed by atoms with Gasteiger partial charge < -0.3 is 14.2 Å². The lowest BCUT2D eigenvalue weighted by Crippen LogP contribution is -2.06. The van der Waals surface area contributed by atoms with Crippen LogP contribution in [0.25, 0.3) is 11.3 Å². The molecule has 0 bridgehead atoms. The van der Waals surface area contributed by atoms with Crippen LogP contribution in [0.4, 0.5) is 0 Å². The van der Waals surface area contributed by atoms with Crippen molar-refractivity contribution >= 4 is 29.3 Å². The molecule has 0 aliphatic rings. The quantitative estimate of drug-likeness (QED) is 0.334. The summed E-state index contributed by atoms with van der Waals surface area (Å²) in [5.74, 6) is 0.563. The molecule has 27 heavy (non-hydrogen) atoms. The summed E-state index contributed by atoms with van der Waals surface area (Å²) in [7, 11) is 3.08. The molecule has 0 aliphatic carbocycles. The average molecular weight is 404 g/mol. The predicted octanol–water partition coefficient (Wildman–Crippen LogP) is 3.09. The number of hydrogen-bond donors (Lipinski definition) is 0. The first-order chi connectivity index (χ1) is 13.2. The smallest absolute Gasteiger partial charge is 0.352 e. The highest BCUT2D eigenvalue weighted by atomic mass is 32.2. The Morgan fingerprint density at radius 3 is 2.63 bits per heavy atom. The first kappa shape index (κ1) is 19.1. The minimum absolute atomic E-state index is 0.0262. The fraction of sp³-hybridized carbons (Fsp3) is 0.235. The predicted molar refractivity (Wildman–Crippen MR) is 101 cm³/mol. The lowest BCUT2D eigenvalue weighted by Gasteiger charge is -2.12. The van der Waals surface area contributed by atoms with Crippen molar-refractivity contribution in [1.29, 1.82) is 0 Å². The Kier molecular flexibility index (Phi) is 6.20. The van der Waals surface area contributed by atoms with Crippen LogP contribution >= 0.6 is 23.3 Å². The maximum atomic E-state index is 12.5. The number of esters is 1. The highest BCUT2D eigenvalue weighted by Crippen LogP contribution is 2.31. The van der Waals surface area contributed by atoms with E-state index >= 15 is 0 Å². The molecule has 10 heteroatoms. The van der Waals surface area contributed by atoms with E-state index in [0.717, 1.165) is 11.5 Å². The summed E-state index contributed by atoms with van der Waals surface area (Å²) in [6.45, 7) is 0.0262. The molecule has 0 fully saturated rings. The second kappa shape index (κ2) is 8.78. The van der Waals surface area contributed by atoms with Crippen molar-refractivity contribution in [2.24, 2.45) is 0 Å². The molecule has 0 amide bonds. The molecule has 0 N–H and O–H groups in total. The van der Waals surface area contributed by atoms with Crippen LogP contribution in [-0.4, -0.2) is 46.0 Å². The number of carbonyl (C=O) groups excluding carboxylic acids is 1. The molecule has 140 valence electrons. The van der Waals surface area contributed by atoms with Gasteiger partial charge in [-0.1, -0.05) is 28.4 Å². The first-order valence-corrected chi connectivity index (χ1v) is 9.73. The highest BCUT2D eigenvalue weighted by Gasteiger charge is 2.21. The number of carbonyl (C=O) groups is 1. The van der Waals surface area contributed by atoms with E-state index in [1.165, 1.54) is 18.9 Å². The Labute approximate surface area is 164 Å². The SMILES string of the molecule is COc1cccc(COC(=O)c2snnc2-c2cnc(SC)nc2)c1OC. The molecule has 3 rings (SSSR count). The molecule has 0 atom stereocenters. The van der Waals surface area contributed by atoms with Gasteiger partial charge in [-0.2, -0.15) is 0 Å². The maximum absolute atomic E-state index is 12.5. The van der Waals surface area contributed by atoms with Crippen molar-refractivity contribution < 1.29 is 19.0 Å². The topological polar surface area (TPSA) is 96.3 Å². The highest BCUT2D eigenvalue weighted by molar-refractivity contribution is 7.98. The number of methoxy groups -OCH3 is 2. The monoisotopic (exact) mass is 404 g/mol. The molecular weight excluding hydrogens is 388 g/mol. The van der Waals surface area contributed by atoms with Crippen LogP contribution in [-0.2, 0) is 11.3 Å². The van der Waals surface area contributed by atoms with Crippen LogP contribution in [0.15, 0.2) is 35.7 Å². The molecule has 0 aliphatic heterocycles. The van der Waals surface area contributed by atoms with Crippen molar-refractivity contribution in [2.75, 3.05) is 20.5 Å². The van der Waals surface area contributed by atoms with E-state index in [1.807, 2.05) is 6.26 Å². The summed E-state index contributed by atoms with van der Waals surface area (Å²) < 4.78 is 19.9. The zero-order valence-electron chi connectivity index (χ0n) is 14.8. The van der Waals surface area contributed by atoms with Crippen LogP contribution in [0.1, 0.15) is 15.2 Å². The van der Waals surface area contributed by atoms with E-state index in [2.05, 4.69) is 19.6 Å². The zero-order valence-corrected chi connectivity index (χ0v) is 16.5. The number of rotatable bonds is 7. The van der Waals surface area contributed by atoms with E-state index < -0.39 is 5.97 Å². The van der Waals surface area contributed by atoms with Gasteiger partial charge in [-0.25, -0.2) is 14.8 Å². The zero-order chi connectivity index (χ0) is 19.2. The van der Waals surface area contributed by atoms with Gasteiger partial charge in [-0.15, -0.1) is 5.10 Å². The normalized spacial score (nSPS) is 10.5. The Morgan fingerprint density at radius 1 is 1.19 bits per heavy atom. The van der Waals surface area contributed by atoms with E-state index in [1.54, 1.807) is 37.7 Å². The third-order valence-electron chi connectivity index (χ3n) is 3.60. The van der Waals surface area contributed by atoms with Gasteiger partial charge in [0.25, 0.3) is 0 Å². The van der Waals surface area contributed by atoms with Gasteiger partial charge in [-0.3, -0.25) is 0 Å². The van der Waals surface area contributed by atoms with E-state index in [-0.39, 0.29) is 11.5 Å². The summed E-state index contributed by atoms with van der Waals surface area (Å²) in [5, 5.41) is 4.65. The molecule has 0 saturated heterocycles. The minimum Gasteiger partial charge on any atom is -0.493 e. The fourth-order valence-corrected chi connectivity index (χ4v) is 3.23. The molecule has 3 aromatic rings. The van der Waals surface area contributed by atoms with Crippen LogP contribution in [0.2, 0.25) is 0 Å². The lowest BCUT2D eigenvalue weighted by atomic mass is 10.2. The maximum Gasteiger partial charge on any atom is 0.352 e. The van der Waals surface area contributed by atoms with Crippen molar-refractivity contribution in [2.45, 2.75) is 11.8 Å². The lowest BCUT2D eigenvalue weighted by molar-refractivity contribution is 0.0476. The van der Waals surface area contributed by atoms with Crippen LogP contribution < -0.4 is 9.47 Å². The second-order valence-electron chi connectivity index (χ2n) is 5.14. The number of thioether (sulfide) groups is 1. The Morgan fingerprint density at radius 2 is 1.96 bits per heavy atom. The van der Waals surface area contributed by atoms with Gasteiger partial charge in [0.2, 0.25) is 0 Å². The number of ether oxygens (including phenoxy) is 3. The van der Waals surface area contributed by atoms with Crippen LogP contribution in [0, 0.1) is 0 Å². The molecule has 0 saturated carbocycles. The fourth-order valence-electron chi connectivity index (χ4n) is 2.33. The van der Waals surface area contributed by atoms with E-state index in [9.17, 15) is 4.79 Å². The molecule has 1 aromatic carbocycles. The molecule has 8 nitrogen and oxygen atoms in total. The van der Waals surface area contributed by atoms with Crippen molar-refractivity contribution in [3.05, 3.63) is 41.0 Å². The number of para-hydroxylation sites is 1. The number of benzene rings is 1. The number of nitrogens with zero attached hydrogens (tertiary/aromatic N) is 4. The number of hydrogen-bond acceptors (Lipinski definition) is 10. The molecule has 2 aromatic heterocycles. The van der Waals surface area contributed by atoms with Crippen molar-refractivity contribution in [1.82, 2.24) is 19.6 Å². The number of aromatic nitrogens is 4. The van der Waals surface area contributed by atoms with Gasteiger partial charge >= 0.3 is 5.97 Å². The second-order valence-corrected chi connectivity index (χ2v) is 6.67. The Hall–Kier alpha value is -2.72. The van der Waals surface area contributed by atoms with Crippen molar-refractivity contribution in [3.63, 3.8) is 0 Å². The van der Waals surface area contributed by atoms with Gasteiger partial charge in [0.05, 0.1) is 14.2 Å². The van der Waals surface area contributed by atoms with E-state index in [4.69, 9.17) is 14.2 Å². The summed E-state index contributed by atoms with van der Waals surface area (Å²) in [6, 6.07) is 5.37. The largest absolute Gasteiger partial charge is 0.493 e. The molecule has 2 heterocycles. The van der Waals surface area contributed by atoms with Crippen LogP contribution in [0.3, 0.4) is 0 Å².